The molecule has 1 amide bonds. The highest BCUT2D eigenvalue weighted by Gasteiger charge is 2.35. The summed E-state index contributed by atoms with van der Waals surface area (Å²) in [5, 5.41) is 15.0. The summed E-state index contributed by atoms with van der Waals surface area (Å²) in [4.78, 5) is 12.9. The second kappa shape index (κ2) is 8.58. The minimum Gasteiger partial charge on any atom is -0.349 e. The van der Waals surface area contributed by atoms with Crippen molar-refractivity contribution in [1.29, 1.82) is 0 Å². The number of amides is 1. The molecule has 0 radical (unpaired) electrons. The summed E-state index contributed by atoms with van der Waals surface area (Å²) in [5.74, 6) is 0.137. The van der Waals surface area contributed by atoms with E-state index in [-0.39, 0.29) is 36.2 Å². The summed E-state index contributed by atoms with van der Waals surface area (Å²) >= 11 is 0. The summed E-state index contributed by atoms with van der Waals surface area (Å²) in [6.45, 7) is 3.50. The molecule has 3 heterocycles. The van der Waals surface area contributed by atoms with Crippen molar-refractivity contribution in [2.24, 2.45) is 13.0 Å². The van der Waals surface area contributed by atoms with E-state index in [1.807, 2.05) is 61.5 Å². The Labute approximate surface area is 170 Å². The first-order valence-electron chi connectivity index (χ1n) is 9.21. The number of hydrogen-bond acceptors (Lipinski definition) is 4. The molecule has 2 aromatic heterocycles. The molecule has 148 valence electrons. The van der Waals surface area contributed by atoms with Gasteiger partial charge in [0.25, 0.3) is 0 Å². The quantitative estimate of drug-likeness (QED) is 0.688. The highest BCUT2D eigenvalue weighted by atomic mass is 35.5. The molecule has 1 aromatic carbocycles. The Bertz CT molecular complexity index is 922. The Morgan fingerprint density at radius 1 is 1.29 bits per heavy atom. The van der Waals surface area contributed by atoms with Crippen LogP contribution in [0.15, 0.2) is 55.1 Å². The van der Waals surface area contributed by atoms with Crippen LogP contribution in [0, 0.1) is 5.92 Å². The van der Waals surface area contributed by atoms with Gasteiger partial charge in [0, 0.05) is 44.6 Å². The molecule has 1 saturated heterocycles. The van der Waals surface area contributed by atoms with E-state index < -0.39 is 0 Å². The summed E-state index contributed by atoms with van der Waals surface area (Å²) < 4.78 is 3.60. The summed E-state index contributed by atoms with van der Waals surface area (Å²) in [5.41, 5.74) is 3.14. The molecule has 3 aromatic rings. The van der Waals surface area contributed by atoms with Gasteiger partial charge in [-0.3, -0.25) is 9.48 Å². The van der Waals surface area contributed by atoms with Crippen molar-refractivity contribution in [2.75, 3.05) is 13.1 Å². The summed E-state index contributed by atoms with van der Waals surface area (Å²) in [7, 11) is 1.90. The van der Waals surface area contributed by atoms with E-state index >= 15 is 0 Å². The van der Waals surface area contributed by atoms with Crippen LogP contribution >= 0.6 is 12.4 Å². The van der Waals surface area contributed by atoms with Crippen LogP contribution < -0.4 is 10.6 Å². The van der Waals surface area contributed by atoms with E-state index in [9.17, 15) is 4.79 Å². The lowest BCUT2D eigenvalue weighted by atomic mass is 9.90. The van der Waals surface area contributed by atoms with Gasteiger partial charge in [-0.1, -0.05) is 12.1 Å². The minimum absolute atomic E-state index is 0. The van der Waals surface area contributed by atoms with Gasteiger partial charge in [0.05, 0.1) is 23.8 Å². The minimum atomic E-state index is -0.0917. The molecule has 3 atom stereocenters. The van der Waals surface area contributed by atoms with E-state index in [1.54, 1.807) is 10.9 Å². The third kappa shape index (κ3) is 4.10. The molecular formula is C20H25ClN6O. The van der Waals surface area contributed by atoms with Crippen molar-refractivity contribution in [2.45, 2.75) is 18.9 Å². The van der Waals surface area contributed by atoms with Gasteiger partial charge in [-0.15, -0.1) is 12.4 Å². The average Bonchev–Trinajstić information content (AvgIpc) is 3.42. The molecule has 0 aliphatic carbocycles. The monoisotopic (exact) mass is 400 g/mol. The molecule has 1 fully saturated rings. The van der Waals surface area contributed by atoms with Crippen LogP contribution in [-0.2, 0) is 11.8 Å². The number of carbonyl (C=O) groups is 1. The average molecular weight is 401 g/mol. The second-order valence-corrected chi connectivity index (χ2v) is 7.09. The van der Waals surface area contributed by atoms with Gasteiger partial charge in [0.2, 0.25) is 5.91 Å². The molecule has 1 aliphatic heterocycles. The van der Waals surface area contributed by atoms with Crippen molar-refractivity contribution in [3.05, 3.63) is 66.2 Å². The lowest BCUT2D eigenvalue weighted by Gasteiger charge is -2.21. The first kappa shape index (κ1) is 20.1. The number of rotatable bonds is 5. The molecule has 0 saturated carbocycles. The molecule has 1 aliphatic rings. The molecular weight excluding hydrogens is 376 g/mol. The number of aryl methyl sites for hydroxylation is 1. The molecule has 8 heteroatoms. The van der Waals surface area contributed by atoms with E-state index in [0.29, 0.717) is 6.54 Å². The Morgan fingerprint density at radius 3 is 2.86 bits per heavy atom. The largest absolute Gasteiger partial charge is 0.349 e. The number of halogens is 1. The third-order valence-corrected chi connectivity index (χ3v) is 5.20. The van der Waals surface area contributed by atoms with Gasteiger partial charge < -0.3 is 10.6 Å². The molecule has 2 N–H and O–H groups in total. The van der Waals surface area contributed by atoms with Crippen LogP contribution in [0.25, 0.3) is 5.69 Å². The molecule has 4 rings (SSSR count). The number of nitrogens with one attached hydrogen (secondary N) is 2. The molecule has 0 bridgehead atoms. The van der Waals surface area contributed by atoms with Crippen LogP contribution in [0.2, 0.25) is 0 Å². The topological polar surface area (TPSA) is 76.8 Å². The van der Waals surface area contributed by atoms with Gasteiger partial charge in [-0.2, -0.15) is 10.2 Å². The van der Waals surface area contributed by atoms with E-state index in [2.05, 4.69) is 26.9 Å². The third-order valence-electron chi connectivity index (χ3n) is 5.20. The lowest BCUT2D eigenvalue weighted by molar-refractivity contribution is -0.125. The van der Waals surface area contributed by atoms with Crippen LogP contribution in [0.1, 0.15) is 30.0 Å². The summed E-state index contributed by atoms with van der Waals surface area (Å²) in [6, 6.07) is 9.90. The molecule has 28 heavy (non-hydrogen) atoms. The normalized spacial score (nSPS) is 19.8. The van der Waals surface area contributed by atoms with Gasteiger partial charge in [0.15, 0.2) is 0 Å². The van der Waals surface area contributed by atoms with Gasteiger partial charge in [-0.25, -0.2) is 4.68 Å². The van der Waals surface area contributed by atoms with Crippen molar-refractivity contribution in [3.8, 4) is 5.69 Å². The number of carbonyl (C=O) groups excluding carboxylic acids is 1. The first-order valence-corrected chi connectivity index (χ1v) is 9.21. The van der Waals surface area contributed by atoms with Gasteiger partial charge in [0.1, 0.15) is 0 Å². The molecule has 0 spiro atoms. The van der Waals surface area contributed by atoms with E-state index in [4.69, 9.17) is 0 Å². The fourth-order valence-electron chi connectivity index (χ4n) is 3.70. The van der Waals surface area contributed by atoms with Crippen molar-refractivity contribution < 1.29 is 4.79 Å². The maximum atomic E-state index is 12.9. The van der Waals surface area contributed by atoms with E-state index in [0.717, 1.165) is 23.4 Å². The summed E-state index contributed by atoms with van der Waals surface area (Å²) in [6.07, 6.45) is 7.51. The van der Waals surface area contributed by atoms with Gasteiger partial charge >= 0.3 is 0 Å². The number of aromatic nitrogens is 4. The smallest absolute Gasteiger partial charge is 0.225 e. The maximum Gasteiger partial charge on any atom is 0.225 e. The van der Waals surface area contributed by atoms with Gasteiger partial charge in [-0.05, 0) is 36.2 Å². The number of hydrogen-bond donors (Lipinski definition) is 2. The molecule has 7 nitrogen and oxygen atoms in total. The number of nitrogens with zero attached hydrogens (tertiary/aromatic N) is 4. The van der Waals surface area contributed by atoms with E-state index in [1.165, 1.54) is 0 Å². The second-order valence-electron chi connectivity index (χ2n) is 7.09. The van der Waals surface area contributed by atoms with Crippen LogP contribution in [0.4, 0.5) is 0 Å². The SMILES string of the molecule is CC(NC(=O)[C@H]1CNC[C@@H]1c1cnn(C)c1)c1cccc(-n2cccn2)c1.Cl. The fourth-order valence-corrected chi connectivity index (χ4v) is 3.70. The Balaban J connectivity index is 0.00000225. The van der Waals surface area contributed by atoms with Crippen LogP contribution in [0.3, 0.4) is 0 Å². The Hall–Kier alpha value is -2.64. The predicted octanol–water partition coefficient (Wildman–Crippen LogP) is 2.21. The Morgan fingerprint density at radius 2 is 2.14 bits per heavy atom. The zero-order valence-corrected chi connectivity index (χ0v) is 16.8. The van der Waals surface area contributed by atoms with Crippen molar-refractivity contribution >= 4 is 18.3 Å². The zero-order valence-electron chi connectivity index (χ0n) is 15.9. The maximum absolute atomic E-state index is 12.9. The zero-order chi connectivity index (χ0) is 18.8. The predicted molar refractivity (Wildman–Crippen MR) is 110 cm³/mol. The first-order chi connectivity index (χ1) is 13.1. The van der Waals surface area contributed by atoms with Crippen LogP contribution in [0.5, 0.6) is 0 Å². The molecule has 1 unspecified atom stereocenters. The number of benzene rings is 1. The Kier molecular flexibility index (Phi) is 6.16. The van der Waals surface area contributed by atoms with Crippen molar-refractivity contribution in [1.82, 2.24) is 30.2 Å². The van der Waals surface area contributed by atoms with Crippen LogP contribution in [-0.4, -0.2) is 38.6 Å². The highest BCUT2D eigenvalue weighted by Crippen LogP contribution is 2.28. The fraction of sp³-hybridized carbons (Fsp3) is 0.350. The highest BCUT2D eigenvalue weighted by molar-refractivity contribution is 5.85. The van der Waals surface area contributed by atoms with Crippen molar-refractivity contribution in [3.63, 3.8) is 0 Å². The standard InChI is InChI=1S/C20H24N6O.ClH/c1-14(15-5-3-6-17(9-15)26-8-4-7-22-26)24-20(27)19-12-21-11-18(19)16-10-23-25(2)13-16;/h3-10,13-14,18-19,21H,11-12H2,1-2H3,(H,24,27);1H/t14?,18-,19+;/m1./s1. The lowest BCUT2D eigenvalue weighted by Crippen LogP contribution is -2.36.